The van der Waals surface area contributed by atoms with Crippen LogP contribution in [0.2, 0.25) is 0 Å². The minimum atomic E-state index is -0.257. The highest BCUT2D eigenvalue weighted by Crippen LogP contribution is 2.46. The molecular formula is C17H25N3O. The van der Waals surface area contributed by atoms with Crippen LogP contribution in [0.1, 0.15) is 35.7 Å². The van der Waals surface area contributed by atoms with Gasteiger partial charge in [0.1, 0.15) is 11.7 Å². The Kier molecular flexibility index (Phi) is 3.54. The van der Waals surface area contributed by atoms with Gasteiger partial charge in [0.2, 0.25) is 5.91 Å². The number of nitrogens with zero attached hydrogens (tertiary/aromatic N) is 2. The largest absolute Gasteiger partial charge is 0.320 e. The number of nitrogens with one attached hydrogen (secondary N) is 1. The van der Waals surface area contributed by atoms with Crippen molar-refractivity contribution in [1.82, 2.24) is 15.1 Å². The maximum atomic E-state index is 12.7. The van der Waals surface area contributed by atoms with Crippen molar-refractivity contribution in [2.45, 2.75) is 38.4 Å². The Bertz CT molecular complexity index is 563. The molecule has 114 valence electrons. The Morgan fingerprint density at radius 2 is 2.05 bits per heavy atom. The van der Waals surface area contributed by atoms with Crippen molar-refractivity contribution < 1.29 is 4.79 Å². The number of hydrogen-bond acceptors (Lipinski definition) is 3. The highest BCUT2D eigenvalue weighted by molar-refractivity contribution is 5.92. The van der Waals surface area contributed by atoms with Crippen LogP contribution in [0.5, 0.6) is 0 Å². The van der Waals surface area contributed by atoms with Gasteiger partial charge in [0.15, 0.2) is 0 Å². The van der Waals surface area contributed by atoms with E-state index in [0.29, 0.717) is 0 Å². The van der Waals surface area contributed by atoms with Crippen LogP contribution in [0.3, 0.4) is 0 Å². The van der Waals surface area contributed by atoms with E-state index in [1.54, 1.807) is 0 Å². The van der Waals surface area contributed by atoms with Gasteiger partial charge in [0.05, 0.1) is 0 Å². The summed E-state index contributed by atoms with van der Waals surface area (Å²) in [6.07, 6.45) is 1.98. The summed E-state index contributed by atoms with van der Waals surface area (Å²) in [6.45, 7) is 5.91. The van der Waals surface area contributed by atoms with Crippen molar-refractivity contribution in [3.8, 4) is 0 Å². The molecule has 1 unspecified atom stereocenters. The van der Waals surface area contributed by atoms with Crippen LogP contribution >= 0.6 is 0 Å². The molecule has 0 radical (unpaired) electrons. The highest BCUT2D eigenvalue weighted by Gasteiger charge is 2.59. The average molecular weight is 287 g/mol. The molecule has 3 rings (SSSR count). The maximum absolute atomic E-state index is 12.7. The zero-order valence-electron chi connectivity index (χ0n) is 13.4. The average Bonchev–Trinajstić information content (AvgIpc) is 3.15. The first-order valence-corrected chi connectivity index (χ1v) is 7.74. The number of rotatable bonds is 4. The summed E-state index contributed by atoms with van der Waals surface area (Å²) >= 11 is 0. The van der Waals surface area contributed by atoms with Gasteiger partial charge in [-0.3, -0.25) is 10.1 Å². The number of carbonyl (C=O) groups excluding carboxylic acids is 1. The van der Waals surface area contributed by atoms with Gasteiger partial charge in [-0.25, -0.2) is 0 Å². The Hall–Kier alpha value is -1.39. The molecule has 0 aromatic heterocycles. The fourth-order valence-corrected chi connectivity index (χ4v) is 3.12. The Balaban J connectivity index is 1.91. The molecule has 1 spiro atoms. The van der Waals surface area contributed by atoms with Gasteiger partial charge < -0.3 is 9.80 Å². The molecule has 1 atom stereocenters. The topological polar surface area (TPSA) is 35.6 Å². The summed E-state index contributed by atoms with van der Waals surface area (Å²) in [6, 6.07) is 6.50. The van der Waals surface area contributed by atoms with Crippen molar-refractivity contribution in [3.05, 3.63) is 34.9 Å². The van der Waals surface area contributed by atoms with E-state index in [4.69, 9.17) is 0 Å². The zero-order valence-corrected chi connectivity index (χ0v) is 13.4. The van der Waals surface area contributed by atoms with E-state index in [1.807, 2.05) is 19.0 Å². The van der Waals surface area contributed by atoms with E-state index in [0.717, 1.165) is 25.9 Å². The standard InChI is InChI=1S/C17H25N3O/c1-12-5-6-13(2)14(11-12)15-18-17(7-8-17)16(21)20(15)10-9-19(3)4/h5-6,11,15,18H,7-10H2,1-4H3. The first kappa shape index (κ1) is 14.5. The first-order valence-electron chi connectivity index (χ1n) is 7.74. The zero-order chi connectivity index (χ0) is 15.2. The van der Waals surface area contributed by atoms with Gasteiger partial charge in [-0.1, -0.05) is 23.8 Å². The van der Waals surface area contributed by atoms with Crippen molar-refractivity contribution in [3.63, 3.8) is 0 Å². The molecule has 2 fully saturated rings. The molecule has 2 aliphatic rings. The van der Waals surface area contributed by atoms with E-state index in [2.05, 4.69) is 42.3 Å². The van der Waals surface area contributed by atoms with Crippen molar-refractivity contribution in [2.75, 3.05) is 27.2 Å². The fourth-order valence-electron chi connectivity index (χ4n) is 3.12. The van der Waals surface area contributed by atoms with Gasteiger partial charge in [0.25, 0.3) is 0 Å². The highest BCUT2D eigenvalue weighted by atomic mass is 16.2. The Labute approximate surface area is 127 Å². The molecule has 4 heteroatoms. The third kappa shape index (κ3) is 2.58. The third-order valence-electron chi connectivity index (χ3n) is 4.66. The van der Waals surface area contributed by atoms with Gasteiger partial charge in [-0.15, -0.1) is 0 Å². The van der Waals surface area contributed by atoms with Gasteiger partial charge in [-0.2, -0.15) is 0 Å². The first-order chi connectivity index (χ1) is 9.93. The number of aryl methyl sites for hydroxylation is 2. The molecule has 1 amide bonds. The summed E-state index contributed by atoms with van der Waals surface area (Å²) in [5, 5.41) is 3.61. The smallest absolute Gasteiger partial charge is 0.244 e. The predicted octanol–water partition coefficient (Wildman–Crippen LogP) is 1.83. The third-order valence-corrected chi connectivity index (χ3v) is 4.66. The maximum Gasteiger partial charge on any atom is 0.244 e. The second kappa shape index (κ2) is 5.11. The number of amides is 1. The van der Waals surface area contributed by atoms with Crippen LogP contribution in [0.25, 0.3) is 0 Å². The monoisotopic (exact) mass is 287 g/mol. The van der Waals surface area contributed by atoms with E-state index < -0.39 is 0 Å². The number of carbonyl (C=O) groups is 1. The van der Waals surface area contributed by atoms with E-state index in [-0.39, 0.29) is 17.6 Å². The van der Waals surface area contributed by atoms with Crippen LogP contribution < -0.4 is 5.32 Å². The molecule has 1 aliphatic heterocycles. The summed E-state index contributed by atoms with van der Waals surface area (Å²) < 4.78 is 0. The fraction of sp³-hybridized carbons (Fsp3) is 0.588. The molecule has 0 bridgehead atoms. The number of likely N-dealkylation sites (N-methyl/N-ethyl adjacent to an activating group) is 1. The molecular weight excluding hydrogens is 262 g/mol. The van der Waals surface area contributed by atoms with E-state index in [1.165, 1.54) is 16.7 Å². The lowest BCUT2D eigenvalue weighted by molar-refractivity contribution is -0.131. The molecule has 1 aromatic carbocycles. The molecule has 1 heterocycles. The van der Waals surface area contributed by atoms with Crippen LogP contribution in [-0.2, 0) is 4.79 Å². The van der Waals surface area contributed by atoms with Gasteiger partial charge in [0, 0.05) is 13.1 Å². The molecule has 21 heavy (non-hydrogen) atoms. The van der Waals surface area contributed by atoms with Gasteiger partial charge in [-0.05, 0) is 51.9 Å². The summed E-state index contributed by atoms with van der Waals surface area (Å²) in [5.41, 5.74) is 3.48. The SMILES string of the molecule is Cc1ccc(C)c(C2NC3(CC3)C(=O)N2CCN(C)C)c1. The number of hydrogen-bond donors (Lipinski definition) is 1. The Morgan fingerprint density at radius 1 is 1.33 bits per heavy atom. The van der Waals surface area contributed by atoms with Crippen molar-refractivity contribution in [2.24, 2.45) is 0 Å². The van der Waals surface area contributed by atoms with Crippen LogP contribution in [0.4, 0.5) is 0 Å². The second-order valence-corrected chi connectivity index (χ2v) is 6.79. The molecule has 1 aromatic rings. The Morgan fingerprint density at radius 3 is 2.67 bits per heavy atom. The molecule has 4 nitrogen and oxygen atoms in total. The minimum absolute atomic E-state index is 0.0276. The minimum Gasteiger partial charge on any atom is -0.320 e. The summed E-state index contributed by atoms with van der Waals surface area (Å²) in [4.78, 5) is 16.9. The lowest BCUT2D eigenvalue weighted by Gasteiger charge is -2.27. The lowest BCUT2D eigenvalue weighted by Crippen LogP contribution is -2.37. The van der Waals surface area contributed by atoms with Crippen LogP contribution in [-0.4, -0.2) is 48.4 Å². The predicted molar refractivity (Wildman–Crippen MR) is 84.0 cm³/mol. The quantitative estimate of drug-likeness (QED) is 0.917. The summed E-state index contributed by atoms with van der Waals surface area (Å²) in [7, 11) is 4.10. The molecule has 1 saturated carbocycles. The van der Waals surface area contributed by atoms with E-state index in [9.17, 15) is 4.79 Å². The summed E-state index contributed by atoms with van der Waals surface area (Å²) in [5.74, 6) is 0.287. The van der Waals surface area contributed by atoms with Crippen molar-refractivity contribution >= 4 is 5.91 Å². The van der Waals surface area contributed by atoms with Crippen molar-refractivity contribution in [1.29, 1.82) is 0 Å². The molecule has 1 N–H and O–H groups in total. The van der Waals surface area contributed by atoms with Crippen LogP contribution in [0, 0.1) is 13.8 Å². The van der Waals surface area contributed by atoms with Gasteiger partial charge >= 0.3 is 0 Å². The van der Waals surface area contributed by atoms with Crippen LogP contribution in [0.15, 0.2) is 18.2 Å². The molecule has 1 saturated heterocycles. The molecule has 1 aliphatic carbocycles. The second-order valence-electron chi connectivity index (χ2n) is 6.79. The normalized spacial score (nSPS) is 23.4. The number of benzene rings is 1. The lowest BCUT2D eigenvalue weighted by atomic mass is 10.0. The van der Waals surface area contributed by atoms with E-state index >= 15 is 0 Å².